The van der Waals surface area contributed by atoms with Crippen molar-refractivity contribution in [2.24, 2.45) is 11.8 Å². The number of hydrazine groups is 1. The highest BCUT2D eigenvalue weighted by molar-refractivity contribution is 7.15. The molecule has 1 aliphatic rings. The molecule has 6 nitrogen and oxygen atoms in total. The zero-order chi connectivity index (χ0) is 11.5. The summed E-state index contributed by atoms with van der Waals surface area (Å²) in [6.07, 6.45) is 0.675. The van der Waals surface area contributed by atoms with Crippen LogP contribution < -0.4 is 11.3 Å². The number of aliphatic hydroxyl groups excluding tert-OH is 1. The monoisotopic (exact) mass is 243 g/mol. The number of likely N-dealkylation sites (tertiary alicyclic amines) is 1. The van der Waals surface area contributed by atoms with Crippen LogP contribution in [0.5, 0.6) is 0 Å². The molecule has 2 atom stereocenters. The first-order chi connectivity index (χ1) is 7.69. The van der Waals surface area contributed by atoms with Gasteiger partial charge in [-0.1, -0.05) is 18.3 Å². The Morgan fingerprint density at radius 2 is 2.44 bits per heavy atom. The van der Waals surface area contributed by atoms with E-state index in [2.05, 4.69) is 27.4 Å². The maximum absolute atomic E-state index is 9.63. The Morgan fingerprint density at radius 1 is 1.62 bits per heavy atom. The average Bonchev–Trinajstić information content (AvgIpc) is 2.71. The second kappa shape index (κ2) is 5.05. The Hall–Kier alpha value is -0.760. The summed E-state index contributed by atoms with van der Waals surface area (Å²) in [6.45, 7) is 4.68. The molecule has 2 rings (SSSR count). The molecule has 2 heterocycles. The SMILES string of the molecule is CC1CN(Cc2nnc(NN)s2)CCC1O. The number of nitrogens with two attached hydrogens (primary N) is 1. The molecule has 7 heteroatoms. The molecule has 1 fully saturated rings. The predicted molar refractivity (Wildman–Crippen MR) is 62.8 cm³/mol. The molecule has 0 amide bonds. The molecule has 0 aliphatic carbocycles. The molecule has 1 aliphatic heterocycles. The predicted octanol–water partition coefficient (Wildman–Crippen LogP) is 0.0264. The first-order valence-electron chi connectivity index (χ1n) is 5.38. The van der Waals surface area contributed by atoms with Gasteiger partial charge in [-0.2, -0.15) is 0 Å². The van der Waals surface area contributed by atoms with Crippen molar-refractivity contribution < 1.29 is 5.11 Å². The summed E-state index contributed by atoms with van der Waals surface area (Å²) in [5, 5.41) is 19.2. The van der Waals surface area contributed by atoms with E-state index in [1.807, 2.05) is 0 Å². The van der Waals surface area contributed by atoms with Gasteiger partial charge in [0.15, 0.2) is 0 Å². The second-order valence-electron chi connectivity index (χ2n) is 4.21. The van der Waals surface area contributed by atoms with E-state index in [1.165, 1.54) is 11.3 Å². The lowest BCUT2D eigenvalue weighted by Gasteiger charge is -2.33. The fraction of sp³-hybridized carbons (Fsp3) is 0.778. The van der Waals surface area contributed by atoms with Crippen LogP contribution in [0.2, 0.25) is 0 Å². The van der Waals surface area contributed by atoms with Gasteiger partial charge < -0.3 is 5.11 Å². The zero-order valence-corrected chi connectivity index (χ0v) is 10.1. The van der Waals surface area contributed by atoms with Gasteiger partial charge in [0.1, 0.15) is 5.01 Å². The van der Waals surface area contributed by atoms with Crippen LogP contribution in [0.15, 0.2) is 0 Å². The van der Waals surface area contributed by atoms with E-state index < -0.39 is 0 Å². The van der Waals surface area contributed by atoms with Gasteiger partial charge in [0.05, 0.1) is 12.6 Å². The molecule has 1 saturated heterocycles. The highest BCUT2D eigenvalue weighted by Gasteiger charge is 2.24. The van der Waals surface area contributed by atoms with Gasteiger partial charge in [-0.05, 0) is 12.3 Å². The van der Waals surface area contributed by atoms with Crippen LogP contribution in [-0.2, 0) is 6.54 Å². The number of nitrogens with one attached hydrogen (secondary N) is 1. The molecule has 0 radical (unpaired) electrons. The van der Waals surface area contributed by atoms with Gasteiger partial charge in [-0.3, -0.25) is 10.3 Å². The van der Waals surface area contributed by atoms with Crippen LogP contribution in [0.25, 0.3) is 0 Å². The number of nitrogen functional groups attached to an aromatic ring is 1. The molecule has 1 aromatic rings. The minimum Gasteiger partial charge on any atom is -0.393 e. The molecular weight excluding hydrogens is 226 g/mol. The third kappa shape index (κ3) is 2.67. The molecule has 0 aromatic carbocycles. The maximum Gasteiger partial charge on any atom is 0.219 e. The Bertz CT molecular complexity index is 344. The molecular formula is C9H17N5OS. The average molecular weight is 243 g/mol. The summed E-state index contributed by atoms with van der Waals surface area (Å²) in [5.74, 6) is 5.58. The molecule has 1 aromatic heterocycles. The third-order valence-corrected chi connectivity index (χ3v) is 3.73. The Morgan fingerprint density at radius 3 is 3.06 bits per heavy atom. The number of anilines is 1. The van der Waals surface area contributed by atoms with Crippen molar-refractivity contribution in [3.8, 4) is 0 Å². The fourth-order valence-electron chi connectivity index (χ4n) is 1.93. The molecule has 4 N–H and O–H groups in total. The van der Waals surface area contributed by atoms with Crippen LogP contribution in [0.1, 0.15) is 18.4 Å². The van der Waals surface area contributed by atoms with E-state index in [9.17, 15) is 5.11 Å². The largest absolute Gasteiger partial charge is 0.393 e. The van der Waals surface area contributed by atoms with Crippen molar-refractivity contribution in [2.75, 3.05) is 18.5 Å². The number of piperidine rings is 1. The molecule has 0 bridgehead atoms. The zero-order valence-electron chi connectivity index (χ0n) is 9.26. The van der Waals surface area contributed by atoms with Crippen LogP contribution >= 0.6 is 11.3 Å². The Balaban J connectivity index is 1.90. The third-order valence-electron chi connectivity index (χ3n) is 2.89. The molecule has 0 saturated carbocycles. The lowest BCUT2D eigenvalue weighted by molar-refractivity contribution is 0.0319. The summed E-state index contributed by atoms with van der Waals surface area (Å²) < 4.78 is 0. The van der Waals surface area contributed by atoms with Crippen molar-refractivity contribution in [2.45, 2.75) is 26.0 Å². The second-order valence-corrected chi connectivity index (χ2v) is 5.28. The number of hydrogen-bond donors (Lipinski definition) is 3. The van der Waals surface area contributed by atoms with E-state index >= 15 is 0 Å². The van der Waals surface area contributed by atoms with E-state index in [-0.39, 0.29) is 6.10 Å². The van der Waals surface area contributed by atoms with Crippen molar-refractivity contribution in [3.63, 3.8) is 0 Å². The van der Waals surface area contributed by atoms with Crippen molar-refractivity contribution in [1.82, 2.24) is 15.1 Å². The van der Waals surface area contributed by atoms with Gasteiger partial charge in [-0.15, -0.1) is 10.2 Å². The van der Waals surface area contributed by atoms with Crippen molar-refractivity contribution in [3.05, 3.63) is 5.01 Å². The van der Waals surface area contributed by atoms with E-state index in [0.717, 1.165) is 31.1 Å². The summed E-state index contributed by atoms with van der Waals surface area (Å²) >= 11 is 1.47. The van der Waals surface area contributed by atoms with Crippen LogP contribution in [0, 0.1) is 5.92 Å². The van der Waals surface area contributed by atoms with Gasteiger partial charge in [0.25, 0.3) is 0 Å². The number of hydrogen-bond acceptors (Lipinski definition) is 7. The Labute approximate surface area is 98.4 Å². The molecule has 16 heavy (non-hydrogen) atoms. The van der Waals surface area contributed by atoms with Gasteiger partial charge in [0, 0.05) is 13.1 Å². The molecule has 90 valence electrons. The lowest BCUT2D eigenvalue weighted by atomic mass is 9.97. The molecule has 0 spiro atoms. The van der Waals surface area contributed by atoms with Crippen molar-refractivity contribution in [1.29, 1.82) is 0 Å². The van der Waals surface area contributed by atoms with Gasteiger partial charge >= 0.3 is 0 Å². The van der Waals surface area contributed by atoms with E-state index in [1.54, 1.807) is 0 Å². The highest BCUT2D eigenvalue weighted by Crippen LogP contribution is 2.21. The summed E-state index contributed by atoms with van der Waals surface area (Å²) in [7, 11) is 0. The van der Waals surface area contributed by atoms with Gasteiger partial charge in [0.2, 0.25) is 5.13 Å². The summed E-state index contributed by atoms with van der Waals surface area (Å²) in [6, 6.07) is 0. The first kappa shape index (κ1) is 11.7. The number of aromatic nitrogens is 2. The maximum atomic E-state index is 9.63. The van der Waals surface area contributed by atoms with E-state index in [0.29, 0.717) is 11.0 Å². The topological polar surface area (TPSA) is 87.3 Å². The number of aliphatic hydroxyl groups is 1. The van der Waals surface area contributed by atoms with Crippen LogP contribution in [0.3, 0.4) is 0 Å². The summed E-state index contributed by atoms with van der Waals surface area (Å²) in [5.41, 5.74) is 2.49. The Kier molecular flexibility index (Phi) is 3.70. The fourth-order valence-corrected chi connectivity index (χ4v) is 2.62. The lowest BCUT2D eigenvalue weighted by Crippen LogP contribution is -2.41. The number of nitrogens with zero attached hydrogens (tertiary/aromatic N) is 3. The van der Waals surface area contributed by atoms with Gasteiger partial charge in [-0.25, -0.2) is 5.84 Å². The smallest absolute Gasteiger partial charge is 0.219 e. The quantitative estimate of drug-likeness (QED) is 0.513. The molecule has 2 unspecified atom stereocenters. The van der Waals surface area contributed by atoms with E-state index in [4.69, 9.17) is 5.84 Å². The minimum absolute atomic E-state index is 0.160. The summed E-state index contributed by atoms with van der Waals surface area (Å²) in [4.78, 5) is 2.29. The van der Waals surface area contributed by atoms with Crippen LogP contribution in [0.4, 0.5) is 5.13 Å². The standard InChI is InChI=1S/C9H17N5OS/c1-6-4-14(3-2-7(6)15)5-8-12-13-9(11-10)16-8/h6-7,15H,2-5,10H2,1H3,(H,11,13). The normalized spacial score (nSPS) is 26.9. The highest BCUT2D eigenvalue weighted by atomic mass is 32.1. The van der Waals surface area contributed by atoms with Crippen LogP contribution in [-0.4, -0.2) is 39.4 Å². The van der Waals surface area contributed by atoms with Crippen molar-refractivity contribution >= 4 is 16.5 Å². The first-order valence-corrected chi connectivity index (χ1v) is 6.20. The minimum atomic E-state index is -0.160. The number of rotatable bonds is 3.